The standard InChI is InChI=1S/C13H20ClN3/c1-9(2)8-16-13(15)17-10(3)11-4-6-12(14)7-5-11/h4-7,9-10H,8H2,1-3H3,(H3,15,16,17). The Bertz CT molecular complexity index is 371. The number of benzene rings is 1. The van der Waals surface area contributed by atoms with Gasteiger partial charge in [0.15, 0.2) is 5.96 Å². The van der Waals surface area contributed by atoms with E-state index in [0.717, 1.165) is 17.1 Å². The summed E-state index contributed by atoms with van der Waals surface area (Å²) >= 11 is 5.84. The summed E-state index contributed by atoms with van der Waals surface area (Å²) in [5.74, 6) is 1.00. The second-order valence-electron chi connectivity index (χ2n) is 4.54. The lowest BCUT2D eigenvalue weighted by Crippen LogP contribution is -2.34. The molecule has 3 N–H and O–H groups in total. The summed E-state index contributed by atoms with van der Waals surface area (Å²) in [6, 6.07) is 7.83. The van der Waals surface area contributed by atoms with E-state index in [1.807, 2.05) is 31.2 Å². The Kier molecular flexibility index (Phi) is 5.29. The number of nitrogens with one attached hydrogen (secondary N) is 1. The van der Waals surface area contributed by atoms with Gasteiger partial charge in [0.25, 0.3) is 0 Å². The SMILES string of the molecule is CC(C)CN=C(N)NC(C)c1ccc(Cl)cc1. The molecule has 0 aromatic heterocycles. The van der Waals surface area contributed by atoms with E-state index in [-0.39, 0.29) is 6.04 Å². The molecular weight excluding hydrogens is 234 g/mol. The first-order valence-electron chi connectivity index (χ1n) is 5.81. The van der Waals surface area contributed by atoms with Gasteiger partial charge in [-0.05, 0) is 30.5 Å². The van der Waals surface area contributed by atoms with Gasteiger partial charge in [-0.3, -0.25) is 4.99 Å². The Hall–Kier alpha value is -1.22. The number of rotatable bonds is 4. The first-order chi connectivity index (χ1) is 7.99. The average molecular weight is 254 g/mol. The van der Waals surface area contributed by atoms with E-state index in [0.29, 0.717) is 11.9 Å². The zero-order valence-electron chi connectivity index (χ0n) is 10.6. The van der Waals surface area contributed by atoms with E-state index >= 15 is 0 Å². The highest BCUT2D eigenvalue weighted by atomic mass is 35.5. The molecule has 0 aliphatic carbocycles. The molecule has 0 saturated heterocycles. The van der Waals surface area contributed by atoms with Crippen molar-refractivity contribution >= 4 is 17.6 Å². The third-order valence-electron chi connectivity index (χ3n) is 2.36. The van der Waals surface area contributed by atoms with Gasteiger partial charge in [0.2, 0.25) is 0 Å². The van der Waals surface area contributed by atoms with Gasteiger partial charge in [0.1, 0.15) is 0 Å². The second-order valence-corrected chi connectivity index (χ2v) is 4.97. The largest absolute Gasteiger partial charge is 0.370 e. The lowest BCUT2D eigenvalue weighted by Gasteiger charge is -2.15. The molecule has 4 heteroatoms. The van der Waals surface area contributed by atoms with Crippen molar-refractivity contribution in [3.05, 3.63) is 34.9 Å². The lowest BCUT2D eigenvalue weighted by atomic mass is 10.1. The van der Waals surface area contributed by atoms with Gasteiger partial charge in [-0.25, -0.2) is 0 Å². The van der Waals surface area contributed by atoms with Crippen LogP contribution in [0.4, 0.5) is 0 Å². The smallest absolute Gasteiger partial charge is 0.189 e. The van der Waals surface area contributed by atoms with Crippen LogP contribution in [0.2, 0.25) is 5.02 Å². The lowest BCUT2D eigenvalue weighted by molar-refractivity contribution is 0.652. The first kappa shape index (κ1) is 13.8. The molecule has 1 aromatic carbocycles. The van der Waals surface area contributed by atoms with Crippen molar-refractivity contribution in [1.82, 2.24) is 5.32 Å². The molecule has 3 nitrogen and oxygen atoms in total. The Morgan fingerprint density at radius 3 is 2.41 bits per heavy atom. The molecule has 1 aromatic rings. The molecule has 0 fully saturated rings. The Labute approximate surface area is 108 Å². The van der Waals surface area contributed by atoms with Gasteiger partial charge >= 0.3 is 0 Å². The van der Waals surface area contributed by atoms with Crippen molar-refractivity contribution in [1.29, 1.82) is 0 Å². The number of aliphatic imine (C=N–C) groups is 1. The maximum absolute atomic E-state index is 5.84. The van der Waals surface area contributed by atoms with Crippen molar-refractivity contribution in [3.8, 4) is 0 Å². The van der Waals surface area contributed by atoms with Crippen LogP contribution in [0.1, 0.15) is 32.4 Å². The van der Waals surface area contributed by atoms with Crippen molar-refractivity contribution in [2.45, 2.75) is 26.8 Å². The minimum absolute atomic E-state index is 0.128. The average Bonchev–Trinajstić information content (AvgIpc) is 2.27. The van der Waals surface area contributed by atoms with E-state index in [1.165, 1.54) is 0 Å². The normalized spacial score (nSPS) is 13.8. The summed E-state index contributed by atoms with van der Waals surface area (Å²) in [7, 11) is 0. The van der Waals surface area contributed by atoms with Gasteiger partial charge in [0.05, 0.1) is 6.04 Å². The highest BCUT2D eigenvalue weighted by Gasteiger charge is 2.05. The summed E-state index contributed by atoms with van der Waals surface area (Å²) in [6.07, 6.45) is 0. The number of halogens is 1. The van der Waals surface area contributed by atoms with Crippen LogP contribution in [0.5, 0.6) is 0 Å². The van der Waals surface area contributed by atoms with E-state index in [4.69, 9.17) is 17.3 Å². The summed E-state index contributed by atoms with van der Waals surface area (Å²) in [4.78, 5) is 4.26. The van der Waals surface area contributed by atoms with E-state index in [2.05, 4.69) is 24.2 Å². The quantitative estimate of drug-likeness (QED) is 0.640. The van der Waals surface area contributed by atoms with E-state index in [9.17, 15) is 0 Å². The van der Waals surface area contributed by atoms with Gasteiger partial charge in [-0.15, -0.1) is 0 Å². The summed E-state index contributed by atoms with van der Waals surface area (Å²) in [5.41, 5.74) is 6.94. The molecule has 0 saturated carbocycles. The molecule has 1 unspecified atom stereocenters. The molecule has 1 atom stereocenters. The molecule has 0 heterocycles. The molecule has 0 spiro atoms. The van der Waals surface area contributed by atoms with Gasteiger partial charge in [-0.1, -0.05) is 37.6 Å². The zero-order chi connectivity index (χ0) is 12.8. The Morgan fingerprint density at radius 1 is 1.29 bits per heavy atom. The predicted octanol–water partition coefficient (Wildman–Crippen LogP) is 2.96. The van der Waals surface area contributed by atoms with Crippen molar-refractivity contribution in [3.63, 3.8) is 0 Å². The number of hydrogen-bond acceptors (Lipinski definition) is 1. The second kappa shape index (κ2) is 6.50. The van der Waals surface area contributed by atoms with Crippen LogP contribution in [0, 0.1) is 5.92 Å². The molecule has 94 valence electrons. The fourth-order valence-electron chi connectivity index (χ4n) is 1.38. The van der Waals surface area contributed by atoms with Crippen molar-refractivity contribution in [2.24, 2.45) is 16.6 Å². The van der Waals surface area contributed by atoms with Gasteiger partial charge in [0, 0.05) is 11.6 Å². The molecule has 0 bridgehead atoms. The summed E-state index contributed by atoms with van der Waals surface area (Å²) in [6.45, 7) is 7.01. The van der Waals surface area contributed by atoms with Crippen LogP contribution in [-0.4, -0.2) is 12.5 Å². The first-order valence-corrected chi connectivity index (χ1v) is 6.18. The van der Waals surface area contributed by atoms with Crippen LogP contribution >= 0.6 is 11.6 Å². The summed E-state index contributed by atoms with van der Waals surface area (Å²) < 4.78 is 0. The van der Waals surface area contributed by atoms with Crippen molar-refractivity contribution in [2.75, 3.05) is 6.54 Å². The molecule has 0 aliphatic heterocycles. The maximum atomic E-state index is 5.84. The molecular formula is C13H20ClN3. The van der Waals surface area contributed by atoms with Crippen molar-refractivity contribution < 1.29 is 0 Å². The zero-order valence-corrected chi connectivity index (χ0v) is 11.3. The molecule has 0 radical (unpaired) electrons. The number of nitrogens with zero attached hydrogens (tertiary/aromatic N) is 1. The van der Waals surface area contributed by atoms with Crippen LogP contribution in [0.15, 0.2) is 29.3 Å². The highest BCUT2D eigenvalue weighted by molar-refractivity contribution is 6.30. The van der Waals surface area contributed by atoms with Gasteiger partial charge in [-0.2, -0.15) is 0 Å². The van der Waals surface area contributed by atoms with Gasteiger partial charge < -0.3 is 11.1 Å². The number of hydrogen-bond donors (Lipinski definition) is 2. The Balaban J connectivity index is 2.56. The van der Waals surface area contributed by atoms with E-state index < -0.39 is 0 Å². The predicted molar refractivity (Wildman–Crippen MR) is 74.3 cm³/mol. The highest BCUT2D eigenvalue weighted by Crippen LogP contribution is 2.15. The monoisotopic (exact) mass is 253 g/mol. The Morgan fingerprint density at radius 2 is 1.88 bits per heavy atom. The molecule has 0 aliphatic rings. The van der Waals surface area contributed by atoms with Crippen LogP contribution in [-0.2, 0) is 0 Å². The van der Waals surface area contributed by atoms with Crippen LogP contribution in [0.3, 0.4) is 0 Å². The fourth-order valence-corrected chi connectivity index (χ4v) is 1.51. The topological polar surface area (TPSA) is 50.4 Å². The maximum Gasteiger partial charge on any atom is 0.189 e. The molecule has 17 heavy (non-hydrogen) atoms. The third-order valence-corrected chi connectivity index (χ3v) is 2.61. The molecule has 0 amide bonds. The number of nitrogens with two attached hydrogens (primary N) is 1. The molecule has 1 rings (SSSR count). The van der Waals surface area contributed by atoms with Crippen LogP contribution < -0.4 is 11.1 Å². The summed E-state index contributed by atoms with van der Waals surface area (Å²) in [5, 5.41) is 3.89. The van der Waals surface area contributed by atoms with Crippen LogP contribution in [0.25, 0.3) is 0 Å². The minimum Gasteiger partial charge on any atom is -0.370 e. The third kappa shape index (κ3) is 5.09. The number of guanidine groups is 1. The van der Waals surface area contributed by atoms with E-state index in [1.54, 1.807) is 0 Å². The fraction of sp³-hybridized carbons (Fsp3) is 0.462. The minimum atomic E-state index is 0.128.